The third-order valence-electron chi connectivity index (χ3n) is 2.23. The molecule has 0 saturated carbocycles. The Labute approximate surface area is 66.4 Å². The van der Waals surface area contributed by atoms with Crippen molar-refractivity contribution in [2.45, 2.75) is 27.2 Å². The maximum Gasteiger partial charge on any atom is 0.266 e. The highest BCUT2D eigenvalue weighted by atomic mass is 19.1. The van der Waals surface area contributed by atoms with Gasteiger partial charge in [-0.3, -0.25) is 0 Å². The first-order valence-corrected chi connectivity index (χ1v) is 3.63. The molecule has 1 unspecified atom stereocenters. The summed E-state index contributed by atoms with van der Waals surface area (Å²) < 4.78 is 13.0. The largest absolute Gasteiger partial charge is 0.330 e. The Morgan fingerprint density at radius 3 is 2.45 bits per heavy atom. The predicted octanol–water partition coefficient (Wildman–Crippen LogP) is 1.94. The summed E-state index contributed by atoms with van der Waals surface area (Å²) in [6.07, 6.45) is -1.20. The van der Waals surface area contributed by atoms with E-state index >= 15 is 0 Å². The molecular weight excluding hydrogens is 143 g/mol. The molecule has 0 N–H and O–H groups in total. The van der Waals surface area contributed by atoms with E-state index in [1.807, 2.05) is 20.8 Å². The third-order valence-corrected chi connectivity index (χ3v) is 2.23. The lowest BCUT2D eigenvalue weighted by Crippen LogP contribution is -2.30. The normalized spacial score (nSPS) is 25.7. The fourth-order valence-corrected chi connectivity index (χ4v) is 1.03. The average molecular weight is 156 g/mol. The van der Waals surface area contributed by atoms with Crippen molar-refractivity contribution in [3.8, 4) is 0 Å². The lowest BCUT2D eigenvalue weighted by atomic mass is 10.1. The number of hydrogen-bond acceptors (Lipinski definition) is 2. The summed E-state index contributed by atoms with van der Waals surface area (Å²) in [7, 11) is 1.71. The van der Waals surface area contributed by atoms with Gasteiger partial charge in [0.25, 0.3) is 6.42 Å². The molecule has 0 spiro atoms. The van der Waals surface area contributed by atoms with Gasteiger partial charge in [-0.05, 0) is 26.3 Å². The number of halogens is 1. The quantitative estimate of drug-likeness (QED) is 0.489. The highest BCUT2D eigenvalue weighted by molar-refractivity contribution is 5.98. The SMILES string of the molecule is CC1=NC(F)N(C)C(C)=C1C. The van der Waals surface area contributed by atoms with E-state index in [9.17, 15) is 4.39 Å². The van der Waals surface area contributed by atoms with E-state index in [1.165, 1.54) is 4.90 Å². The molecule has 11 heavy (non-hydrogen) atoms. The maximum atomic E-state index is 13.0. The van der Waals surface area contributed by atoms with Gasteiger partial charge in [0, 0.05) is 18.5 Å². The van der Waals surface area contributed by atoms with Crippen LogP contribution in [0.15, 0.2) is 16.3 Å². The Hall–Kier alpha value is -0.860. The van der Waals surface area contributed by atoms with E-state index in [0.29, 0.717) is 0 Å². The Balaban J connectivity index is 3.02. The first kappa shape index (κ1) is 8.24. The molecule has 0 aromatic carbocycles. The summed E-state index contributed by atoms with van der Waals surface area (Å²) >= 11 is 0. The molecule has 3 heteroatoms. The summed E-state index contributed by atoms with van der Waals surface area (Å²) in [5.41, 5.74) is 2.83. The van der Waals surface area contributed by atoms with E-state index in [0.717, 1.165) is 17.0 Å². The van der Waals surface area contributed by atoms with E-state index in [2.05, 4.69) is 4.99 Å². The summed E-state index contributed by atoms with van der Waals surface area (Å²) in [6, 6.07) is 0. The van der Waals surface area contributed by atoms with Crippen molar-refractivity contribution < 1.29 is 4.39 Å². The van der Waals surface area contributed by atoms with Crippen LogP contribution in [0.5, 0.6) is 0 Å². The highest BCUT2D eigenvalue weighted by Gasteiger charge is 2.19. The van der Waals surface area contributed by atoms with E-state index < -0.39 is 6.42 Å². The molecule has 0 amide bonds. The number of nitrogens with zero attached hydrogens (tertiary/aromatic N) is 2. The van der Waals surface area contributed by atoms with Gasteiger partial charge in [0.15, 0.2) is 0 Å². The van der Waals surface area contributed by atoms with Gasteiger partial charge in [-0.15, -0.1) is 0 Å². The molecule has 0 radical (unpaired) electrons. The zero-order valence-electron chi connectivity index (χ0n) is 7.35. The van der Waals surface area contributed by atoms with Gasteiger partial charge in [0.05, 0.1) is 0 Å². The lowest BCUT2D eigenvalue weighted by molar-refractivity contribution is 0.150. The molecule has 1 rings (SSSR count). The smallest absolute Gasteiger partial charge is 0.266 e. The average Bonchev–Trinajstić information content (AvgIpc) is 1.97. The second-order valence-corrected chi connectivity index (χ2v) is 2.85. The van der Waals surface area contributed by atoms with Crippen LogP contribution in [0.4, 0.5) is 4.39 Å². The van der Waals surface area contributed by atoms with Gasteiger partial charge in [-0.1, -0.05) is 0 Å². The molecule has 62 valence electrons. The van der Waals surface area contributed by atoms with Crippen molar-refractivity contribution in [1.29, 1.82) is 0 Å². The minimum Gasteiger partial charge on any atom is -0.330 e. The molecule has 1 aliphatic heterocycles. The monoisotopic (exact) mass is 156 g/mol. The fraction of sp³-hybridized carbons (Fsp3) is 0.625. The first-order chi connectivity index (χ1) is 5.04. The van der Waals surface area contributed by atoms with Gasteiger partial charge < -0.3 is 4.90 Å². The van der Waals surface area contributed by atoms with Gasteiger partial charge >= 0.3 is 0 Å². The lowest BCUT2D eigenvalue weighted by Gasteiger charge is -2.28. The number of hydrogen-bond donors (Lipinski definition) is 0. The molecule has 0 aromatic heterocycles. The third kappa shape index (κ3) is 1.27. The minimum absolute atomic E-state index is 0.799. The Morgan fingerprint density at radius 2 is 1.91 bits per heavy atom. The topological polar surface area (TPSA) is 15.6 Å². The number of aliphatic imine (C=N–C) groups is 1. The fourth-order valence-electron chi connectivity index (χ4n) is 1.03. The van der Waals surface area contributed by atoms with Crippen LogP contribution in [0, 0.1) is 0 Å². The molecule has 0 fully saturated rings. The van der Waals surface area contributed by atoms with Gasteiger partial charge in [-0.2, -0.15) is 4.39 Å². The van der Waals surface area contributed by atoms with Crippen molar-refractivity contribution in [3.63, 3.8) is 0 Å². The van der Waals surface area contributed by atoms with Crippen molar-refractivity contribution in [2.24, 2.45) is 4.99 Å². The predicted molar refractivity (Wildman–Crippen MR) is 44.1 cm³/mol. The van der Waals surface area contributed by atoms with Crippen molar-refractivity contribution in [3.05, 3.63) is 11.3 Å². The van der Waals surface area contributed by atoms with Crippen LogP contribution in [-0.4, -0.2) is 24.1 Å². The van der Waals surface area contributed by atoms with Gasteiger partial charge in [0.2, 0.25) is 0 Å². The summed E-state index contributed by atoms with van der Waals surface area (Å²) in [4.78, 5) is 5.34. The number of alkyl halides is 1. The second kappa shape index (κ2) is 2.64. The minimum atomic E-state index is -1.20. The number of allylic oxidation sites excluding steroid dienone is 2. The maximum absolute atomic E-state index is 13.0. The standard InChI is InChI=1S/C8H13FN2/c1-5-6(2)10-8(9)11(4)7(5)3/h8H,1-4H3. The molecule has 2 nitrogen and oxygen atoms in total. The zero-order valence-corrected chi connectivity index (χ0v) is 7.35. The molecule has 1 atom stereocenters. The highest BCUT2D eigenvalue weighted by Crippen LogP contribution is 2.19. The molecule has 0 aliphatic carbocycles. The van der Waals surface area contributed by atoms with E-state index in [-0.39, 0.29) is 0 Å². The first-order valence-electron chi connectivity index (χ1n) is 3.63. The number of rotatable bonds is 0. The molecule has 0 aromatic rings. The van der Waals surface area contributed by atoms with Crippen LogP contribution in [0.3, 0.4) is 0 Å². The van der Waals surface area contributed by atoms with Gasteiger partial charge in [0.1, 0.15) is 0 Å². The van der Waals surface area contributed by atoms with Crippen LogP contribution >= 0.6 is 0 Å². The van der Waals surface area contributed by atoms with E-state index in [4.69, 9.17) is 0 Å². The van der Waals surface area contributed by atoms with Crippen molar-refractivity contribution in [2.75, 3.05) is 7.05 Å². The van der Waals surface area contributed by atoms with Crippen molar-refractivity contribution >= 4 is 5.71 Å². The van der Waals surface area contributed by atoms with Crippen LogP contribution in [0.2, 0.25) is 0 Å². The van der Waals surface area contributed by atoms with E-state index in [1.54, 1.807) is 7.05 Å². The van der Waals surface area contributed by atoms with Crippen LogP contribution in [-0.2, 0) is 0 Å². The molecule has 0 bridgehead atoms. The molecule has 1 heterocycles. The van der Waals surface area contributed by atoms with Gasteiger partial charge in [-0.25, -0.2) is 4.99 Å². The molecule has 0 saturated heterocycles. The van der Waals surface area contributed by atoms with Crippen LogP contribution in [0.1, 0.15) is 20.8 Å². The van der Waals surface area contributed by atoms with Crippen LogP contribution in [0.25, 0.3) is 0 Å². The Kier molecular flexibility index (Phi) is 1.98. The summed E-state index contributed by atoms with van der Waals surface area (Å²) in [6.45, 7) is 5.69. The molecular formula is C8H13FN2. The summed E-state index contributed by atoms with van der Waals surface area (Å²) in [5, 5.41) is 0. The Bertz CT molecular complexity index is 230. The Morgan fingerprint density at radius 1 is 1.36 bits per heavy atom. The van der Waals surface area contributed by atoms with Crippen molar-refractivity contribution in [1.82, 2.24) is 4.90 Å². The molecule has 1 aliphatic rings. The zero-order chi connectivity index (χ0) is 8.59. The summed E-state index contributed by atoms with van der Waals surface area (Å²) in [5.74, 6) is 0. The second-order valence-electron chi connectivity index (χ2n) is 2.85. The van der Waals surface area contributed by atoms with Crippen LogP contribution < -0.4 is 0 Å².